The van der Waals surface area contributed by atoms with Crippen LogP contribution in [0.25, 0.3) is 16.3 Å². The van der Waals surface area contributed by atoms with Crippen LogP contribution >= 0.6 is 11.6 Å². The van der Waals surface area contributed by atoms with Crippen LogP contribution in [0.4, 0.5) is 5.69 Å². The first-order chi connectivity index (χ1) is 17.1. The summed E-state index contributed by atoms with van der Waals surface area (Å²) in [7, 11) is 3.30. The van der Waals surface area contributed by atoms with Crippen molar-refractivity contribution in [1.82, 2.24) is 4.90 Å². The Kier molecular flexibility index (Phi) is 8.35. The third kappa shape index (κ3) is 5.48. The lowest BCUT2D eigenvalue weighted by Gasteiger charge is -2.40. The van der Waals surface area contributed by atoms with Gasteiger partial charge in [-0.15, -0.1) is 0 Å². The van der Waals surface area contributed by atoms with Gasteiger partial charge in [-0.1, -0.05) is 49.6 Å². The molecule has 1 atom stereocenters. The Balaban J connectivity index is 1.55. The predicted octanol–water partition coefficient (Wildman–Crippen LogP) is 6.11. The molecule has 1 fully saturated rings. The minimum Gasteiger partial charge on any atom is -0.497 e. The van der Waals surface area contributed by atoms with Gasteiger partial charge in [-0.25, -0.2) is 4.79 Å². The summed E-state index contributed by atoms with van der Waals surface area (Å²) in [6, 6.07) is 18.1. The molecule has 4 rings (SSSR count). The number of piperazine rings is 1. The van der Waals surface area contributed by atoms with Crippen LogP contribution in [-0.4, -0.2) is 57.3 Å². The molecular weight excluding hydrogens is 460 g/mol. The number of fused-ring (bicyclic) bond motifs is 1. The van der Waals surface area contributed by atoms with Crippen molar-refractivity contribution < 1.29 is 14.3 Å². The van der Waals surface area contributed by atoms with Crippen LogP contribution < -0.4 is 14.4 Å². The van der Waals surface area contributed by atoms with Gasteiger partial charge in [-0.2, -0.15) is 0 Å². The van der Waals surface area contributed by atoms with E-state index in [0.717, 1.165) is 73.1 Å². The van der Waals surface area contributed by atoms with Crippen molar-refractivity contribution in [3.05, 3.63) is 65.2 Å². The molecule has 1 unspecified atom stereocenters. The molecule has 0 aromatic heterocycles. The van der Waals surface area contributed by atoms with E-state index in [1.54, 1.807) is 14.2 Å². The zero-order chi connectivity index (χ0) is 24.8. The van der Waals surface area contributed by atoms with Crippen molar-refractivity contribution >= 4 is 39.6 Å². The summed E-state index contributed by atoms with van der Waals surface area (Å²) in [6.07, 6.45) is 3.08. The Morgan fingerprint density at radius 1 is 1.00 bits per heavy atom. The van der Waals surface area contributed by atoms with Crippen LogP contribution in [-0.2, 0) is 4.79 Å². The molecule has 35 heavy (non-hydrogen) atoms. The molecule has 0 saturated carbocycles. The molecule has 5 nitrogen and oxygen atoms in total. The summed E-state index contributed by atoms with van der Waals surface area (Å²) >= 11 is 6.51. The maximum atomic E-state index is 12.3. The van der Waals surface area contributed by atoms with Crippen molar-refractivity contribution in [3.63, 3.8) is 0 Å². The third-order valence-electron chi connectivity index (χ3n) is 6.92. The highest BCUT2D eigenvalue weighted by Gasteiger charge is 2.28. The average Bonchev–Trinajstić information content (AvgIpc) is 2.91. The summed E-state index contributed by atoms with van der Waals surface area (Å²) in [5.74, 6) is 3.83. The first-order valence-corrected chi connectivity index (χ1v) is 12.6. The summed E-state index contributed by atoms with van der Waals surface area (Å²) < 4.78 is 10.6. The fourth-order valence-electron chi connectivity index (χ4n) is 4.91. The van der Waals surface area contributed by atoms with Crippen LogP contribution in [0.5, 0.6) is 11.5 Å². The Bertz CT molecular complexity index is 1200. The number of hydrogen-bond donors (Lipinski definition) is 0. The summed E-state index contributed by atoms with van der Waals surface area (Å²) in [6.45, 7) is 5.79. The minimum atomic E-state index is 0.0386. The number of ether oxygens (including phenoxy) is 2. The van der Waals surface area contributed by atoms with Crippen molar-refractivity contribution in [2.75, 3.05) is 45.3 Å². The Morgan fingerprint density at radius 2 is 1.74 bits per heavy atom. The van der Waals surface area contributed by atoms with Gasteiger partial charge < -0.3 is 14.4 Å². The maximum absolute atomic E-state index is 12.3. The molecule has 1 aliphatic heterocycles. The zero-order valence-corrected chi connectivity index (χ0v) is 21.5. The zero-order valence-electron chi connectivity index (χ0n) is 20.7. The lowest BCUT2D eigenvalue weighted by atomic mass is 9.92. The quantitative estimate of drug-likeness (QED) is 0.337. The smallest absolute Gasteiger partial charge is 0.138 e. The molecule has 184 valence electrons. The van der Waals surface area contributed by atoms with Gasteiger partial charge in [-0.05, 0) is 53.8 Å². The van der Waals surface area contributed by atoms with Gasteiger partial charge in [-0.3, -0.25) is 4.90 Å². The van der Waals surface area contributed by atoms with Crippen molar-refractivity contribution in [1.29, 1.82) is 0 Å². The monoisotopic (exact) mass is 492 g/mol. The maximum Gasteiger partial charge on any atom is 0.138 e. The molecule has 1 saturated heterocycles. The number of carbonyl (C=O) groups excluding carboxylic acids is 1. The fraction of sp³-hybridized carbons (Fsp3) is 0.379. The van der Waals surface area contributed by atoms with E-state index in [-0.39, 0.29) is 6.04 Å². The highest BCUT2D eigenvalue weighted by atomic mass is 35.5. The number of benzene rings is 3. The molecule has 0 radical (unpaired) electrons. The molecule has 3 aromatic carbocycles. The molecule has 1 heterocycles. The van der Waals surface area contributed by atoms with Gasteiger partial charge in [0.2, 0.25) is 0 Å². The van der Waals surface area contributed by atoms with Gasteiger partial charge >= 0.3 is 0 Å². The first-order valence-electron chi connectivity index (χ1n) is 12.2. The second-order valence-electron chi connectivity index (χ2n) is 8.91. The van der Waals surface area contributed by atoms with Gasteiger partial charge in [0.05, 0.1) is 24.8 Å². The Labute approximate surface area is 212 Å². The SMILES string of the molecule is CCCCC(C(=C=O)c1ccc2c(Cl)c(OC)ccc2c1)N1CCN(c2ccc(OC)cc2)CC1. The normalized spacial score (nSPS) is 15.0. The van der Waals surface area contributed by atoms with Crippen molar-refractivity contribution in [2.45, 2.75) is 32.2 Å². The molecular formula is C29H33ClN2O3. The summed E-state index contributed by atoms with van der Waals surface area (Å²) in [4.78, 5) is 17.2. The van der Waals surface area contributed by atoms with Gasteiger partial charge in [0, 0.05) is 43.3 Å². The fourth-order valence-corrected chi connectivity index (χ4v) is 5.22. The van der Waals surface area contributed by atoms with E-state index >= 15 is 0 Å². The second kappa shape index (κ2) is 11.6. The molecule has 0 amide bonds. The number of anilines is 1. The van der Waals surface area contributed by atoms with E-state index in [1.165, 1.54) is 5.69 Å². The van der Waals surface area contributed by atoms with Gasteiger partial charge in [0.25, 0.3) is 0 Å². The van der Waals surface area contributed by atoms with Crippen LogP contribution in [0.15, 0.2) is 54.6 Å². The van der Waals surface area contributed by atoms with E-state index in [2.05, 4.69) is 34.8 Å². The molecule has 1 aliphatic rings. The first kappa shape index (κ1) is 25.1. The summed E-state index contributed by atoms with van der Waals surface area (Å²) in [5, 5.41) is 2.49. The predicted molar refractivity (Wildman–Crippen MR) is 145 cm³/mol. The van der Waals surface area contributed by atoms with Crippen molar-refractivity contribution in [3.8, 4) is 11.5 Å². The highest BCUT2D eigenvalue weighted by Crippen LogP contribution is 2.35. The summed E-state index contributed by atoms with van der Waals surface area (Å²) in [5.41, 5.74) is 2.83. The van der Waals surface area contributed by atoms with E-state index in [4.69, 9.17) is 21.1 Å². The number of nitrogens with zero attached hydrogens (tertiary/aromatic N) is 2. The highest BCUT2D eigenvalue weighted by molar-refractivity contribution is 6.37. The largest absolute Gasteiger partial charge is 0.497 e. The Morgan fingerprint density at radius 3 is 2.37 bits per heavy atom. The average molecular weight is 493 g/mol. The number of unbranched alkanes of at least 4 members (excludes halogenated alkanes) is 1. The van der Waals surface area contributed by atoms with Gasteiger partial charge in [0.1, 0.15) is 17.4 Å². The van der Waals surface area contributed by atoms with Crippen LogP contribution in [0.3, 0.4) is 0 Å². The standard InChI is InChI=1S/C29H33ClN2O3/c1-4-5-6-27(32-17-15-31(16-18-32)23-9-11-24(34-2)12-10-23)26(20-33)22-7-13-25-21(19-22)8-14-28(35-3)29(25)30/h7-14,19,27H,4-6,15-18H2,1-3H3. The Hall–Kier alpha value is -2.98. The van der Waals surface area contributed by atoms with Crippen molar-refractivity contribution in [2.24, 2.45) is 0 Å². The molecule has 0 aliphatic carbocycles. The third-order valence-corrected chi connectivity index (χ3v) is 7.31. The molecule has 0 spiro atoms. The minimum absolute atomic E-state index is 0.0386. The number of methoxy groups -OCH3 is 2. The lowest BCUT2D eigenvalue weighted by Crippen LogP contribution is -2.50. The number of hydrogen-bond acceptors (Lipinski definition) is 5. The van der Waals surface area contributed by atoms with E-state index in [0.29, 0.717) is 10.8 Å². The van der Waals surface area contributed by atoms with Crippen LogP contribution in [0, 0.1) is 0 Å². The molecule has 3 aromatic rings. The number of halogens is 1. The molecule has 6 heteroatoms. The van der Waals surface area contributed by atoms with E-state index in [9.17, 15) is 4.79 Å². The van der Waals surface area contributed by atoms with Crippen LogP contribution in [0.1, 0.15) is 31.7 Å². The van der Waals surface area contributed by atoms with E-state index in [1.807, 2.05) is 42.5 Å². The molecule has 0 bridgehead atoms. The van der Waals surface area contributed by atoms with Gasteiger partial charge in [0.15, 0.2) is 0 Å². The van der Waals surface area contributed by atoms with Crippen LogP contribution in [0.2, 0.25) is 5.02 Å². The topological polar surface area (TPSA) is 42.0 Å². The number of rotatable bonds is 9. The second-order valence-corrected chi connectivity index (χ2v) is 9.29. The lowest BCUT2D eigenvalue weighted by molar-refractivity contribution is 0.212. The van der Waals surface area contributed by atoms with E-state index < -0.39 is 0 Å². The molecule has 0 N–H and O–H groups in total.